The van der Waals surface area contributed by atoms with Crippen LogP contribution in [0.4, 0.5) is 5.69 Å². The zero-order valence-electron chi connectivity index (χ0n) is 14.2. The van der Waals surface area contributed by atoms with Crippen molar-refractivity contribution >= 4 is 29.2 Å². The smallest absolute Gasteiger partial charge is 0.249 e. The van der Waals surface area contributed by atoms with Crippen molar-refractivity contribution in [3.63, 3.8) is 0 Å². The average molecular weight is 341 g/mol. The van der Waals surface area contributed by atoms with Crippen LogP contribution >= 0.6 is 0 Å². The fourth-order valence-electron chi connectivity index (χ4n) is 2.56. The largest absolute Gasteiger partial charge is 0.324 e. The predicted octanol–water partition coefficient (Wildman–Crippen LogP) is 1.14. The number of allylic oxidation sites excluding steroid dienone is 1. The summed E-state index contributed by atoms with van der Waals surface area (Å²) in [5.74, 6) is 0.290. The van der Waals surface area contributed by atoms with Gasteiger partial charge in [-0.25, -0.2) is 5.01 Å². The van der Waals surface area contributed by atoms with Crippen molar-refractivity contribution in [2.24, 2.45) is 4.99 Å². The Bertz CT molecular complexity index is 806. The van der Waals surface area contributed by atoms with Gasteiger partial charge in [0.15, 0.2) is 5.78 Å². The van der Waals surface area contributed by atoms with Crippen molar-refractivity contribution in [1.29, 1.82) is 0 Å². The molecule has 0 radical (unpaired) electrons. The molecule has 2 aliphatic rings. The number of carbonyl (C=O) groups excluding carboxylic acids is 3. The number of rotatable bonds is 3. The summed E-state index contributed by atoms with van der Waals surface area (Å²) in [6, 6.07) is 5.88. The summed E-state index contributed by atoms with van der Waals surface area (Å²) in [5, 5.41) is 6.99. The minimum absolute atomic E-state index is 0.0133. The zero-order chi connectivity index (χ0) is 18.1. The van der Waals surface area contributed by atoms with Crippen LogP contribution in [0, 0.1) is 0 Å². The molecule has 1 atom stereocenters. The molecule has 1 aromatic carbocycles. The number of nitrogens with one attached hydrogen (secondary N) is 3. The summed E-state index contributed by atoms with van der Waals surface area (Å²) >= 11 is 0. The van der Waals surface area contributed by atoms with Gasteiger partial charge in [0.25, 0.3) is 0 Å². The van der Waals surface area contributed by atoms with E-state index in [1.807, 2.05) is 13.8 Å². The van der Waals surface area contributed by atoms with Gasteiger partial charge in [-0.15, -0.1) is 0 Å². The molecule has 1 aromatic rings. The molecule has 130 valence electrons. The monoisotopic (exact) mass is 341 g/mol. The van der Waals surface area contributed by atoms with E-state index in [-0.39, 0.29) is 24.0 Å². The Morgan fingerprint density at radius 3 is 2.48 bits per heavy atom. The maximum absolute atomic E-state index is 12.6. The first kappa shape index (κ1) is 16.7. The van der Waals surface area contributed by atoms with Crippen LogP contribution in [0.1, 0.15) is 37.6 Å². The molecule has 25 heavy (non-hydrogen) atoms. The molecule has 0 unspecified atom stereocenters. The maximum Gasteiger partial charge on any atom is 0.249 e. The van der Waals surface area contributed by atoms with Gasteiger partial charge in [-0.1, -0.05) is 0 Å². The number of guanidine groups is 1. The number of hydrogen-bond acceptors (Lipinski definition) is 6. The van der Waals surface area contributed by atoms with E-state index < -0.39 is 6.04 Å². The first-order valence-electron chi connectivity index (χ1n) is 7.89. The molecule has 0 spiro atoms. The van der Waals surface area contributed by atoms with Crippen molar-refractivity contribution in [3.8, 4) is 0 Å². The molecule has 0 bridgehead atoms. The third-order valence-electron chi connectivity index (χ3n) is 3.95. The van der Waals surface area contributed by atoms with Crippen molar-refractivity contribution in [1.82, 2.24) is 15.8 Å². The van der Waals surface area contributed by atoms with Gasteiger partial charge in [0.05, 0.1) is 6.42 Å². The van der Waals surface area contributed by atoms with Crippen molar-refractivity contribution in [2.45, 2.75) is 33.2 Å². The molecule has 1 saturated heterocycles. The average Bonchev–Trinajstić information content (AvgIpc) is 2.98. The molecule has 1 fully saturated rings. The number of carbonyl (C=O) groups is 3. The number of aliphatic imine (C=N–C) groups is 1. The Kier molecular flexibility index (Phi) is 4.26. The van der Waals surface area contributed by atoms with Gasteiger partial charge in [0.2, 0.25) is 17.8 Å². The van der Waals surface area contributed by atoms with Gasteiger partial charge in [0.1, 0.15) is 11.9 Å². The fraction of sp³-hybridized carbons (Fsp3) is 0.294. The number of fused-ring (bicyclic) bond motifs is 1. The number of anilines is 1. The van der Waals surface area contributed by atoms with Gasteiger partial charge < -0.3 is 5.32 Å². The summed E-state index contributed by atoms with van der Waals surface area (Å²) in [6.07, 6.45) is 0.0133. The molecule has 3 rings (SSSR count). The number of hydrazine groups is 1. The highest BCUT2D eigenvalue weighted by Crippen LogP contribution is 2.20. The Morgan fingerprint density at radius 2 is 1.88 bits per heavy atom. The highest BCUT2D eigenvalue weighted by molar-refractivity contribution is 6.07. The Morgan fingerprint density at radius 1 is 1.20 bits per heavy atom. The highest BCUT2D eigenvalue weighted by Gasteiger charge is 2.39. The number of Topliss-reactive ketones (excluding diaryl/α,β-unsaturated/α-hetero) is 1. The van der Waals surface area contributed by atoms with E-state index in [2.05, 4.69) is 21.1 Å². The summed E-state index contributed by atoms with van der Waals surface area (Å²) in [5.41, 5.74) is 5.11. The summed E-state index contributed by atoms with van der Waals surface area (Å²) in [4.78, 5) is 40.1. The van der Waals surface area contributed by atoms with Crippen molar-refractivity contribution < 1.29 is 14.4 Å². The molecule has 0 aliphatic carbocycles. The van der Waals surface area contributed by atoms with E-state index >= 15 is 0 Å². The summed E-state index contributed by atoms with van der Waals surface area (Å²) in [7, 11) is 0. The third-order valence-corrected chi connectivity index (χ3v) is 3.95. The van der Waals surface area contributed by atoms with Crippen LogP contribution in [0.15, 0.2) is 40.7 Å². The molecule has 0 aromatic heterocycles. The van der Waals surface area contributed by atoms with Crippen LogP contribution < -0.4 is 16.1 Å². The van der Waals surface area contributed by atoms with E-state index in [9.17, 15) is 14.4 Å². The third kappa shape index (κ3) is 3.37. The van der Waals surface area contributed by atoms with E-state index in [1.165, 1.54) is 6.92 Å². The molecule has 8 nitrogen and oxygen atoms in total. The van der Waals surface area contributed by atoms with Crippen LogP contribution in [-0.2, 0) is 9.59 Å². The molecule has 8 heteroatoms. The van der Waals surface area contributed by atoms with Crippen LogP contribution in [0.2, 0.25) is 0 Å². The molecule has 0 saturated carbocycles. The molecule has 2 aliphatic heterocycles. The topological polar surface area (TPSA) is 103 Å². The predicted molar refractivity (Wildman–Crippen MR) is 92.4 cm³/mol. The lowest BCUT2D eigenvalue weighted by Gasteiger charge is -2.32. The number of hydrogen-bond donors (Lipinski definition) is 3. The lowest BCUT2D eigenvalue weighted by Crippen LogP contribution is -2.61. The Labute approximate surface area is 145 Å². The second-order valence-electron chi connectivity index (χ2n) is 6.16. The van der Waals surface area contributed by atoms with Gasteiger partial charge in [0, 0.05) is 11.3 Å². The van der Waals surface area contributed by atoms with Gasteiger partial charge in [-0.2, -0.15) is 4.99 Å². The normalized spacial score (nSPS) is 18.8. The Hall–Kier alpha value is -3.16. The van der Waals surface area contributed by atoms with E-state index in [4.69, 9.17) is 0 Å². The van der Waals surface area contributed by atoms with Crippen molar-refractivity contribution in [2.75, 3.05) is 5.32 Å². The lowest BCUT2D eigenvalue weighted by molar-refractivity contribution is -0.129. The fourth-order valence-corrected chi connectivity index (χ4v) is 2.56. The van der Waals surface area contributed by atoms with Crippen molar-refractivity contribution in [3.05, 3.63) is 41.2 Å². The summed E-state index contributed by atoms with van der Waals surface area (Å²) in [6.45, 7) is 5.26. The molecular weight excluding hydrogens is 322 g/mol. The van der Waals surface area contributed by atoms with Gasteiger partial charge >= 0.3 is 0 Å². The van der Waals surface area contributed by atoms with E-state index in [1.54, 1.807) is 29.3 Å². The van der Waals surface area contributed by atoms with Crippen LogP contribution in [0.25, 0.3) is 0 Å². The number of amides is 2. The molecule has 3 N–H and O–H groups in total. The zero-order valence-corrected chi connectivity index (χ0v) is 14.2. The number of nitrogens with zero attached hydrogens (tertiary/aromatic N) is 2. The first-order chi connectivity index (χ1) is 11.8. The minimum Gasteiger partial charge on any atom is -0.324 e. The molecule has 2 heterocycles. The van der Waals surface area contributed by atoms with Crippen LogP contribution in [0.5, 0.6) is 0 Å². The Balaban J connectivity index is 1.77. The van der Waals surface area contributed by atoms with Crippen LogP contribution in [-0.4, -0.2) is 34.6 Å². The van der Waals surface area contributed by atoms with Gasteiger partial charge in [-0.05, 0) is 50.6 Å². The number of benzene rings is 1. The van der Waals surface area contributed by atoms with Gasteiger partial charge in [-0.3, -0.25) is 25.1 Å². The van der Waals surface area contributed by atoms with Crippen LogP contribution in [0.3, 0.4) is 0 Å². The van der Waals surface area contributed by atoms with E-state index in [0.717, 1.165) is 5.57 Å². The number of ketones is 1. The highest BCUT2D eigenvalue weighted by atomic mass is 16.2. The van der Waals surface area contributed by atoms with E-state index in [0.29, 0.717) is 23.0 Å². The minimum atomic E-state index is -0.725. The molecule has 2 amide bonds. The molecular formula is C17H19N5O3. The SMILES string of the molecule is CC(=O)c1ccc(NC(=O)[C@@H]2CC(=O)NC3=NC(=C(C)C)NN32)cc1. The quantitative estimate of drug-likeness (QED) is 0.716. The second-order valence-corrected chi connectivity index (χ2v) is 6.16. The first-order valence-corrected chi connectivity index (χ1v) is 7.89. The standard InChI is InChI=1S/C17H19N5O3/c1-9(2)15-20-17-19-14(24)8-13(22(17)21-15)16(25)18-12-6-4-11(5-7-12)10(3)23/h4-7,13,21H,8H2,1-3H3,(H,18,25)(H,19,20,24)/t13-/m0/s1. The second kappa shape index (κ2) is 6.39. The lowest BCUT2D eigenvalue weighted by atomic mass is 10.1. The maximum atomic E-state index is 12.6. The summed E-state index contributed by atoms with van der Waals surface area (Å²) < 4.78 is 0.